The minimum Gasteiger partial charge on any atom is -0.274 e. The van der Waals surface area contributed by atoms with Crippen LogP contribution in [-0.2, 0) is 4.84 Å². The molecule has 1 aromatic heterocycles. The molecular weight excluding hydrogens is 182 g/mol. The fourth-order valence-electron chi connectivity index (χ4n) is 0.898. The van der Waals surface area contributed by atoms with Gasteiger partial charge in [-0.1, -0.05) is 0 Å². The third-order valence-electron chi connectivity index (χ3n) is 1.69. The van der Waals surface area contributed by atoms with Gasteiger partial charge in [0.05, 0.1) is 12.7 Å². The molecule has 0 spiro atoms. The van der Waals surface area contributed by atoms with E-state index in [1.165, 1.54) is 26.4 Å². The maximum absolute atomic E-state index is 11.5. The molecule has 0 aromatic carbocycles. The number of nitriles is 1. The molecule has 1 heterocycles. The second kappa shape index (κ2) is 4.35. The SMILES string of the molecule is CON(C)C(=O)c1ncccc1C#N. The number of nitrogens with zero attached hydrogens (tertiary/aromatic N) is 3. The van der Waals surface area contributed by atoms with Gasteiger partial charge in [-0.3, -0.25) is 9.63 Å². The normalized spacial score (nSPS) is 9.21. The number of rotatable bonds is 2. The molecule has 0 saturated heterocycles. The topological polar surface area (TPSA) is 66.2 Å². The van der Waals surface area contributed by atoms with Crippen molar-refractivity contribution >= 4 is 5.91 Å². The van der Waals surface area contributed by atoms with Gasteiger partial charge in [0, 0.05) is 13.2 Å². The number of hydroxylamine groups is 2. The Labute approximate surface area is 81.5 Å². The fourth-order valence-corrected chi connectivity index (χ4v) is 0.898. The first kappa shape index (κ1) is 10.2. The van der Waals surface area contributed by atoms with Crippen LogP contribution in [0.15, 0.2) is 18.3 Å². The predicted molar refractivity (Wildman–Crippen MR) is 48.1 cm³/mol. The average Bonchev–Trinajstić information content (AvgIpc) is 2.26. The van der Waals surface area contributed by atoms with E-state index < -0.39 is 5.91 Å². The van der Waals surface area contributed by atoms with E-state index in [1.54, 1.807) is 6.07 Å². The summed E-state index contributed by atoms with van der Waals surface area (Å²) in [5.74, 6) is -0.440. The van der Waals surface area contributed by atoms with E-state index in [2.05, 4.69) is 4.98 Å². The molecule has 0 aliphatic carbocycles. The standard InChI is InChI=1S/C9H9N3O2/c1-12(14-2)9(13)8-7(6-10)4-3-5-11-8/h3-5H,1-2H3. The molecule has 5 heteroatoms. The number of carbonyl (C=O) groups is 1. The summed E-state index contributed by atoms with van der Waals surface area (Å²) in [5.41, 5.74) is 0.334. The van der Waals surface area contributed by atoms with Crippen LogP contribution in [0.5, 0.6) is 0 Å². The molecule has 1 amide bonds. The molecule has 0 unspecified atom stereocenters. The first-order valence-corrected chi connectivity index (χ1v) is 3.88. The number of hydrogen-bond acceptors (Lipinski definition) is 4. The first-order valence-electron chi connectivity index (χ1n) is 3.88. The summed E-state index contributed by atoms with van der Waals surface area (Å²) in [4.78, 5) is 20.1. The highest BCUT2D eigenvalue weighted by Gasteiger charge is 2.16. The number of aromatic nitrogens is 1. The second-order valence-electron chi connectivity index (χ2n) is 2.50. The van der Waals surface area contributed by atoms with Crippen molar-refractivity contribution in [2.75, 3.05) is 14.2 Å². The van der Waals surface area contributed by atoms with E-state index in [-0.39, 0.29) is 11.3 Å². The van der Waals surface area contributed by atoms with E-state index >= 15 is 0 Å². The maximum Gasteiger partial charge on any atom is 0.297 e. The van der Waals surface area contributed by atoms with Crippen LogP contribution < -0.4 is 0 Å². The molecule has 14 heavy (non-hydrogen) atoms. The van der Waals surface area contributed by atoms with Gasteiger partial charge in [0.1, 0.15) is 11.8 Å². The highest BCUT2D eigenvalue weighted by Crippen LogP contribution is 2.06. The van der Waals surface area contributed by atoms with Crippen molar-refractivity contribution < 1.29 is 9.63 Å². The number of carbonyl (C=O) groups excluding carboxylic acids is 1. The van der Waals surface area contributed by atoms with Crippen molar-refractivity contribution in [1.82, 2.24) is 10.0 Å². The zero-order valence-corrected chi connectivity index (χ0v) is 7.89. The highest BCUT2D eigenvalue weighted by atomic mass is 16.7. The number of pyridine rings is 1. The van der Waals surface area contributed by atoms with Gasteiger partial charge in [-0.05, 0) is 12.1 Å². The van der Waals surface area contributed by atoms with Crippen molar-refractivity contribution in [1.29, 1.82) is 5.26 Å². The monoisotopic (exact) mass is 191 g/mol. The Morgan fingerprint density at radius 1 is 1.71 bits per heavy atom. The van der Waals surface area contributed by atoms with Crippen LogP contribution in [0.25, 0.3) is 0 Å². The largest absolute Gasteiger partial charge is 0.297 e. The van der Waals surface area contributed by atoms with Crippen molar-refractivity contribution in [2.45, 2.75) is 0 Å². The lowest BCUT2D eigenvalue weighted by molar-refractivity contribution is -0.0760. The van der Waals surface area contributed by atoms with Crippen molar-refractivity contribution in [3.8, 4) is 6.07 Å². The Morgan fingerprint density at radius 2 is 2.43 bits per heavy atom. The molecular formula is C9H9N3O2. The van der Waals surface area contributed by atoms with Gasteiger partial charge < -0.3 is 0 Å². The van der Waals surface area contributed by atoms with Crippen molar-refractivity contribution in [3.63, 3.8) is 0 Å². The van der Waals surface area contributed by atoms with E-state index in [9.17, 15) is 4.79 Å². The van der Waals surface area contributed by atoms with E-state index in [1.807, 2.05) is 6.07 Å². The summed E-state index contributed by atoms with van der Waals surface area (Å²) >= 11 is 0. The molecule has 1 rings (SSSR count). The highest BCUT2D eigenvalue weighted by molar-refractivity contribution is 5.93. The molecule has 0 bridgehead atoms. The summed E-state index contributed by atoms with van der Waals surface area (Å²) in [6, 6.07) is 5.02. The molecule has 0 aliphatic heterocycles. The van der Waals surface area contributed by atoms with Crippen molar-refractivity contribution in [2.24, 2.45) is 0 Å². The molecule has 0 N–H and O–H groups in total. The average molecular weight is 191 g/mol. The fraction of sp³-hybridized carbons (Fsp3) is 0.222. The summed E-state index contributed by atoms with van der Waals surface area (Å²) in [6.07, 6.45) is 1.46. The van der Waals surface area contributed by atoms with Crippen LogP contribution in [0.1, 0.15) is 16.1 Å². The molecule has 1 aromatic rings. The Hall–Kier alpha value is -1.93. The van der Waals surface area contributed by atoms with Gasteiger partial charge in [0.25, 0.3) is 5.91 Å². The lowest BCUT2D eigenvalue weighted by atomic mass is 10.2. The molecule has 0 fully saturated rings. The smallest absolute Gasteiger partial charge is 0.274 e. The summed E-state index contributed by atoms with van der Waals surface area (Å²) < 4.78 is 0. The van der Waals surface area contributed by atoms with Gasteiger partial charge in [0.15, 0.2) is 0 Å². The van der Waals surface area contributed by atoms with Gasteiger partial charge >= 0.3 is 0 Å². The van der Waals surface area contributed by atoms with Gasteiger partial charge in [-0.2, -0.15) is 5.26 Å². The summed E-state index contributed by atoms with van der Waals surface area (Å²) in [7, 11) is 2.82. The molecule has 0 saturated carbocycles. The zero-order valence-electron chi connectivity index (χ0n) is 7.89. The Morgan fingerprint density at radius 3 is 3.00 bits per heavy atom. The van der Waals surface area contributed by atoms with Gasteiger partial charge in [-0.15, -0.1) is 0 Å². The lowest BCUT2D eigenvalue weighted by Gasteiger charge is -2.12. The summed E-state index contributed by atoms with van der Waals surface area (Å²) in [5, 5.41) is 9.74. The van der Waals surface area contributed by atoms with Crippen LogP contribution in [0.3, 0.4) is 0 Å². The van der Waals surface area contributed by atoms with Crippen LogP contribution in [0.2, 0.25) is 0 Å². The van der Waals surface area contributed by atoms with Gasteiger partial charge in [-0.25, -0.2) is 10.0 Å². The zero-order chi connectivity index (χ0) is 10.6. The molecule has 72 valence electrons. The van der Waals surface area contributed by atoms with Crippen LogP contribution in [0, 0.1) is 11.3 Å². The lowest BCUT2D eigenvalue weighted by Crippen LogP contribution is -2.27. The van der Waals surface area contributed by atoms with E-state index in [0.717, 1.165) is 5.06 Å². The van der Waals surface area contributed by atoms with E-state index in [0.29, 0.717) is 0 Å². The molecule has 0 aliphatic rings. The quantitative estimate of drug-likeness (QED) is 0.641. The number of amides is 1. The van der Waals surface area contributed by atoms with Crippen LogP contribution >= 0.6 is 0 Å². The predicted octanol–water partition coefficient (Wildman–Crippen LogP) is 0.587. The van der Waals surface area contributed by atoms with Crippen LogP contribution in [0.4, 0.5) is 0 Å². The molecule has 5 nitrogen and oxygen atoms in total. The number of hydrogen-bond donors (Lipinski definition) is 0. The minimum atomic E-state index is -0.440. The Kier molecular flexibility index (Phi) is 3.15. The third kappa shape index (κ3) is 1.87. The third-order valence-corrected chi connectivity index (χ3v) is 1.69. The summed E-state index contributed by atoms with van der Waals surface area (Å²) in [6.45, 7) is 0. The van der Waals surface area contributed by atoms with Crippen molar-refractivity contribution in [3.05, 3.63) is 29.6 Å². The van der Waals surface area contributed by atoms with E-state index in [4.69, 9.17) is 10.1 Å². The molecule has 0 radical (unpaired) electrons. The Balaban J connectivity index is 3.08. The molecule has 0 atom stereocenters. The maximum atomic E-state index is 11.5. The Bertz CT molecular complexity index is 384. The van der Waals surface area contributed by atoms with Crippen LogP contribution in [-0.4, -0.2) is 30.1 Å². The first-order chi connectivity index (χ1) is 6.70. The van der Waals surface area contributed by atoms with Gasteiger partial charge in [0.2, 0.25) is 0 Å². The minimum absolute atomic E-state index is 0.0966. The second-order valence-corrected chi connectivity index (χ2v) is 2.50.